The lowest BCUT2D eigenvalue weighted by molar-refractivity contribution is -0.0543. The van der Waals surface area contributed by atoms with Gasteiger partial charge in [0.05, 0.1) is 6.61 Å². The molecule has 6 N–H and O–H groups in total. The van der Waals surface area contributed by atoms with Crippen LogP contribution in [0.15, 0.2) is 17.1 Å². The Morgan fingerprint density at radius 3 is 2.71 bits per heavy atom. The summed E-state index contributed by atoms with van der Waals surface area (Å²) in [5, 5.41) is 18.9. The van der Waals surface area contributed by atoms with E-state index in [2.05, 4.69) is 9.51 Å². The van der Waals surface area contributed by atoms with E-state index in [0.717, 1.165) is 4.57 Å². The molecule has 0 unspecified atom stereocenters. The number of hydrogen-bond donors (Lipinski definition) is 5. The minimum Gasteiger partial charge on any atom is -0.394 e. The average Bonchev–Trinajstić information content (AvgIpc) is 2.65. The van der Waals surface area contributed by atoms with Gasteiger partial charge in [0.2, 0.25) is 0 Å². The van der Waals surface area contributed by atoms with Gasteiger partial charge in [-0.15, -0.1) is 0 Å². The van der Waals surface area contributed by atoms with Gasteiger partial charge < -0.3 is 30.5 Å². The molecule has 0 saturated carbocycles. The van der Waals surface area contributed by atoms with Gasteiger partial charge in [-0.05, 0) is 6.07 Å². The fourth-order valence-electron chi connectivity index (χ4n) is 1.98. The quantitative estimate of drug-likeness (QED) is 0.374. The Hall–Kier alpha value is -1.33. The summed E-state index contributed by atoms with van der Waals surface area (Å²) >= 11 is 0. The van der Waals surface area contributed by atoms with Crippen molar-refractivity contribution in [1.29, 1.82) is 0 Å². The van der Waals surface area contributed by atoms with E-state index in [1.165, 1.54) is 12.3 Å². The minimum atomic E-state index is -4.95. The van der Waals surface area contributed by atoms with Crippen LogP contribution in [0.4, 0.5) is 5.82 Å². The number of anilines is 1. The summed E-state index contributed by atoms with van der Waals surface area (Å²) in [5.41, 5.74) is 4.48. The van der Waals surface area contributed by atoms with E-state index in [4.69, 9.17) is 25.4 Å². The molecule has 0 bridgehead atoms. The van der Waals surface area contributed by atoms with Crippen molar-refractivity contribution in [3.8, 4) is 0 Å². The van der Waals surface area contributed by atoms with Gasteiger partial charge in [-0.3, -0.25) is 9.09 Å². The Kier molecular flexibility index (Phi) is 4.44. The van der Waals surface area contributed by atoms with E-state index in [1.54, 1.807) is 0 Å². The van der Waals surface area contributed by atoms with Crippen LogP contribution < -0.4 is 11.4 Å². The van der Waals surface area contributed by atoms with Gasteiger partial charge >= 0.3 is 13.5 Å². The zero-order chi connectivity index (χ0) is 15.8. The fourth-order valence-corrected chi connectivity index (χ4v) is 2.53. The van der Waals surface area contributed by atoms with Crippen molar-refractivity contribution in [1.82, 2.24) is 9.55 Å². The molecule has 0 spiro atoms. The van der Waals surface area contributed by atoms with Crippen molar-refractivity contribution in [2.75, 3.05) is 12.3 Å². The Morgan fingerprint density at radius 1 is 1.52 bits per heavy atom. The Bertz CT molecular complexity index is 615. The number of aromatic nitrogens is 2. The summed E-state index contributed by atoms with van der Waals surface area (Å²) in [6.45, 7) is -0.629. The van der Waals surface area contributed by atoms with Gasteiger partial charge in [-0.2, -0.15) is 4.98 Å². The van der Waals surface area contributed by atoms with Crippen LogP contribution >= 0.6 is 7.82 Å². The van der Waals surface area contributed by atoms with E-state index in [-0.39, 0.29) is 5.82 Å². The predicted octanol–water partition coefficient (Wildman–Crippen LogP) is -2.45. The number of aliphatic hydroxyl groups is 2. The first-order valence-corrected chi connectivity index (χ1v) is 7.29. The third kappa shape index (κ3) is 3.47. The fraction of sp³-hybridized carbons (Fsp3) is 0.556. The number of ether oxygens (including phenoxy) is 1. The number of nitrogens with two attached hydrogens (primary N) is 1. The molecule has 1 fully saturated rings. The van der Waals surface area contributed by atoms with Crippen molar-refractivity contribution >= 4 is 13.6 Å². The molecule has 0 amide bonds. The first kappa shape index (κ1) is 16.0. The second-order valence-corrected chi connectivity index (χ2v) is 5.53. The third-order valence-corrected chi connectivity index (χ3v) is 3.40. The lowest BCUT2D eigenvalue weighted by Crippen LogP contribution is -2.37. The van der Waals surface area contributed by atoms with Gasteiger partial charge in [0.1, 0.15) is 24.1 Å². The van der Waals surface area contributed by atoms with Crippen molar-refractivity contribution in [2.45, 2.75) is 24.5 Å². The van der Waals surface area contributed by atoms with Gasteiger partial charge in [0, 0.05) is 6.20 Å². The molecule has 12 heteroatoms. The normalized spacial score (nSPS) is 29.7. The van der Waals surface area contributed by atoms with E-state index in [9.17, 15) is 14.5 Å². The monoisotopic (exact) mass is 323 g/mol. The highest BCUT2D eigenvalue weighted by Gasteiger charge is 2.48. The summed E-state index contributed by atoms with van der Waals surface area (Å²) in [6.07, 6.45) is -4.47. The SMILES string of the molecule is Nc1ccn([C@@H]2O[C@H](CO)[C@H](O)[C@H]2OP(=O)(O)O)c(=O)n1. The van der Waals surface area contributed by atoms with Crippen molar-refractivity contribution in [3.05, 3.63) is 22.7 Å². The third-order valence-electron chi connectivity index (χ3n) is 2.88. The molecule has 11 nitrogen and oxygen atoms in total. The highest BCUT2D eigenvalue weighted by molar-refractivity contribution is 7.46. The van der Waals surface area contributed by atoms with Gasteiger partial charge in [-0.25, -0.2) is 9.36 Å². The maximum atomic E-state index is 11.7. The van der Waals surface area contributed by atoms with E-state index < -0.39 is 44.7 Å². The summed E-state index contributed by atoms with van der Waals surface area (Å²) in [7, 11) is -4.95. The second kappa shape index (κ2) is 5.81. The van der Waals surface area contributed by atoms with Crippen LogP contribution in [0.2, 0.25) is 0 Å². The molecule has 1 saturated heterocycles. The maximum absolute atomic E-state index is 11.7. The number of nitrogens with zero attached hydrogens (tertiary/aromatic N) is 2. The van der Waals surface area contributed by atoms with Crippen LogP contribution in [-0.2, 0) is 13.8 Å². The lowest BCUT2D eigenvalue weighted by atomic mass is 10.1. The lowest BCUT2D eigenvalue weighted by Gasteiger charge is -2.22. The molecule has 1 aliphatic heterocycles. The highest BCUT2D eigenvalue weighted by Crippen LogP contribution is 2.44. The average molecular weight is 323 g/mol. The number of hydrogen-bond acceptors (Lipinski definition) is 8. The summed E-state index contributed by atoms with van der Waals surface area (Å²) in [4.78, 5) is 32.9. The molecular formula is C9H14N3O8P. The number of rotatable bonds is 4. The molecule has 0 aliphatic carbocycles. The molecule has 0 radical (unpaired) electrons. The van der Waals surface area contributed by atoms with Crippen molar-refractivity contribution in [2.24, 2.45) is 0 Å². The molecule has 1 aromatic rings. The molecule has 2 rings (SSSR count). The first-order valence-electron chi connectivity index (χ1n) is 5.76. The Labute approximate surface area is 117 Å². The van der Waals surface area contributed by atoms with E-state index in [1.807, 2.05) is 0 Å². The van der Waals surface area contributed by atoms with Gasteiger partial charge in [0.25, 0.3) is 0 Å². The zero-order valence-corrected chi connectivity index (χ0v) is 11.4. The van der Waals surface area contributed by atoms with Crippen LogP contribution in [0, 0.1) is 0 Å². The smallest absolute Gasteiger partial charge is 0.394 e. The topological polar surface area (TPSA) is 177 Å². The largest absolute Gasteiger partial charge is 0.470 e. The van der Waals surface area contributed by atoms with Gasteiger partial charge in [0.15, 0.2) is 6.23 Å². The molecule has 0 aromatic carbocycles. The summed E-state index contributed by atoms with van der Waals surface area (Å²) < 4.78 is 21.5. The number of phosphoric acid groups is 1. The highest BCUT2D eigenvalue weighted by atomic mass is 31.2. The van der Waals surface area contributed by atoms with Crippen LogP contribution in [-0.4, -0.2) is 54.5 Å². The number of nitrogen functional groups attached to an aromatic ring is 1. The molecule has 1 aliphatic rings. The standard InChI is InChI=1S/C9H14N3O8P/c10-5-1-2-12(9(15)11-5)8-7(20-21(16,17)18)6(14)4(3-13)19-8/h1-2,4,6-8,13-14H,3H2,(H2,10,11,15)(H2,16,17,18)/t4-,6+,7-,8-/m1/s1. The molecular weight excluding hydrogens is 309 g/mol. The summed E-state index contributed by atoms with van der Waals surface area (Å²) in [6, 6.07) is 1.26. The molecule has 118 valence electrons. The van der Waals surface area contributed by atoms with E-state index >= 15 is 0 Å². The summed E-state index contributed by atoms with van der Waals surface area (Å²) in [5.74, 6) is -0.0547. The second-order valence-electron chi connectivity index (χ2n) is 4.34. The number of phosphoric ester groups is 1. The zero-order valence-electron chi connectivity index (χ0n) is 10.5. The molecule has 2 heterocycles. The van der Waals surface area contributed by atoms with Crippen molar-refractivity contribution < 1.29 is 33.8 Å². The van der Waals surface area contributed by atoms with Gasteiger partial charge in [-0.1, -0.05) is 0 Å². The van der Waals surface area contributed by atoms with Crippen molar-refractivity contribution in [3.63, 3.8) is 0 Å². The maximum Gasteiger partial charge on any atom is 0.470 e. The molecule has 21 heavy (non-hydrogen) atoms. The van der Waals surface area contributed by atoms with Crippen LogP contribution in [0.1, 0.15) is 6.23 Å². The van der Waals surface area contributed by atoms with Crippen LogP contribution in [0.5, 0.6) is 0 Å². The van der Waals surface area contributed by atoms with E-state index in [0.29, 0.717) is 0 Å². The molecule has 1 aromatic heterocycles. The minimum absolute atomic E-state index is 0.0547. The Morgan fingerprint density at radius 2 is 2.19 bits per heavy atom. The predicted molar refractivity (Wildman–Crippen MR) is 66.8 cm³/mol. The van der Waals surface area contributed by atoms with Crippen LogP contribution in [0.25, 0.3) is 0 Å². The Balaban J connectivity index is 2.39. The van der Waals surface area contributed by atoms with Crippen LogP contribution in [0.3, 0.4) is 0 Å². The number of aliphatic hydroxyl groups excluding tert-OH is 2. The first-order chi connectivity index (χ1) is 9.73. The molecule has 4 atom stereocenters.